The van der Waals surface area contributed by atoms with E-state index in [0.29, 0.717) is 10.7 Å². The molecule has 1 heterocycles. The first-order valence-corrected chi connectivity index (χ1v) is 11.7. The van der Waals surface area contributed by atoms with Gasteiger partial charge >= 0.3 is 0 Å². The van der Waals surface area contributed by atoms with E-state index in [4.69, 9.17) is 0 Å². The summed E-state index contributed by atoms with van der Waals surface area (Å²) in [4.78, 5) is 24.5. The van der Waals surface area contributed by atoms with Gasteiger partial charge in [-0.3, -0.25) is 9.59 Å². The first-order valence-electron chi connectivity index (χ1n) is 10.2. The Morgan fingerprint density at radius 3 is 1.93 bits per heavy atom. The Morgan fingerprint density at radius 2 is 1.37 bits per heavy atom. The number of unbranched alkanes of at least 4 members (excludes halogenated alkanes) is 10. The Kier molecular flexibility index (Phi) is 8.48. The molecule has 0 fully saturated rings. The quantitative estimate of drug-likeness (QED) is 0.465. The number of benzene rings is 1. The molecular weight excluding hydrogens is 362 g/mol. The van der Waals surface area contributed by atoms with Gasteiger partial charge in [0.1, 0.15) is 4.90 Å². The number of nitrogens with zero attached hydrogens (tertiary/aromatic N) is 1. The second-order valence-electron chi connectivity index (χ2n) is 7.25. The number of imide groups is 1. The van der Waals surface area contributed by atoms with Crippen molar-refractivity contribution >= 4 is 21.8 Å². The summed E-state index contributed by atoms with van der Waals surface area (Å²) in [6.45, 7) is 2.22. The first kappa shape index (κ1) is 21.6. The maximum atomic E-state index is 12.4. The van der Waals surface area contributed by atoms with Crippen LogP contribution in [0.2, 0.25) is 0 Å². The molecule has 27 heavy (non-hydrogen) atoms. The topological polar surface area (TPSA) is 71.5 Å². The average molecular weight is 394 g/mol. The molecule has 0 N–H and O–H groups in total. The summed E-state index contributed by atoms with van der Waals surface area (Å²) in [5.74, 6) is -1.34. The summed E-state index contributed by atoms with van der Waals surface area (Å²) in [7, 11) is -4.03. The highest BCUT2D eigenvalue weighted by Crippen LogP contribution is 2.30. The number of hydrogen-bond acceptors (Lipinski definition) is 4. The maximum absolute atomic E-state index is 12.4. The molecule has 0 spiro atoms. The van der Waals surface area contributed by atoms with E-state index in [1.807, 2.05) is 0 Å². The van der Waals surface area contributed by atoms with E-state index in [0.717, 1.165) is 19.3 Å². The van der Waals surface area contributed by atoms with E-state index in [1.165, 1.54) is 57.1 Å². The van der Waals surface area contributed by atoms with Crippen LogP contribution in [0.1, 0.15) is 94.3 Å². The monoisotopic (exact) mass is 393 g/mol. The molecule has 0 saturated carbocycles. The van der Waals surface area contributed by atoms with Crippen LogP contribution in [0.25, 0.3) is 0 Å². The van der Waals surface area contributed by atoms with E-state index in [2.05, 4.69) is 6.92 Å². The van der Waals surface area contributed by atoms with Crippen molar-refractivity contribution in [2.24, 2.45) is 0 Å². The Labute approximate surface area is 163 Å². The average Bonchev–Trinajstić information content (AvgIpc) is 2.86. The third kappa shape index (κ3) is 5.64. The number of sulfonamides is 1. The zero-order valence-corrected chi connectivity index (χ0v) is 17.1. The Balaban J connectivity index is 1.65. The number of carbonyl (C=O) groups is 2. The number of carbonyl (C=O) groups excluding carboxylic acids is 2. The lowest BCUT2D eigenvalue weighted by Crippen LogP contribution is -2.36. The first-order chi connectivity index (χ1) is 13.0. The zero-order valence-electron chi connectivity index (χ0n) is 16.3. The van der Waals surface area contributed by atoms with Gasteiger partial charge in [0.05, 0.1) is 5.56 Å². The molecule has 0 aliphatic carbocycles. The summed E-state index contributed by atoms with van der Waals surface area (Å²) in [6, 6.07) is 5.98. The molecule has 0 aromatic heterocycles. The van der Waals surface area contributed by atoms with Gasteiger partial charge in [-0.2, -0.15) is 4.31 Å². The highest BCUT2D eigenvalue weighted by molar-refractivity contribution is 7.90. The lowest BCUT2D eigenvalue weighted by atomic mass is 10.1. The van der Waals surface area contributed by atoms with Crippen molar-refractivity contribution in [2.75, 3.05) is 0 Å². The molecule has 2 rings (SSSR count). The van der Waals surface area contributed by atoms with Crippen molar-refractivity contribution in [2.45, 2.75) is 88.9 Å². The van der Waals surface area contributed by atoms with Crippen molar-refractivity contribution in [3.8, 4) is 0 Å². The van der Waals surface area contributed by atoms with Gasteiger partial charge in [0.2, 0.25) is 5.91 Å². The second-order valence-corrected chi connectivity index (χ2v) is 9.01. The summed E-state index contributed by atoms with van der Waals surface area (Å²) >= 11 is 0. The lowest BCUT2D eigenvalue weighted by molar-refractivity contribution is -0.124. The van der Waals surface area contributed by atoms with Crippen molar-refractivity contribution in [1.82, 2.24) is 4.31 Å². The van der Waals surface area contributed by atoms with Crippen LogP contribution in [0.4, 0.5) is 0 Å². The van der Waals surface area contributed by atoms with Gasteiger partial charge in [-0.15, -0.1) is 0 Å². The predicted octanol–water partition coefficient (Wildman–Crippen LogP) is 5.06. The van der Waals surface area contributed by atoms with Gasteiger partial charge in [-0.1, -0.05) is 83.3 Å². The van der Waals surface area contributed by atoms with E-state index in [-0.39, 0.29) is 16.9 Å². The highest BCUT2D eigenvalue weighted by atomic mass is 32.2. The second kappa shape index (κ2) is 10.6. The number of hydrogen-bond donors (Lipinski definition) is 0. The normalized spacial score (nSPS) is 15.1. The van der Waals surface area contributed by atoms with Crippen LogP contribution in [0.15, 0.2) is 29.2 Å². The van der Waals surface area contributed by atoms with E-state index < -0.39 is 21.8 Å². The van der Waals surface area contributed by atoms with Gasteiger partial charge in [-0.25, -0.2) is 8.42 Å². The minimum atomic E-state index is -4.03. The standard InChI is InChI=1S/C21H31NO4S/c1-2-3-4-5-6-7-8-9-10-11-12-17-20(23)22-21(24)18-15-13-14-16-19(18)27(22,25)26/h13-16H,2-12,17H2,1H3. The van der Waals surface area contributed by atoms with Crippen molar-refractivity contribution in [1.29, 1.82) is 0 Å². The van der Waals surface area contributed by atoms with Gasteiger partial charge in [0.15, 0.2) is 0 Å². The van der Waals surface area contributed by atoms with Gasteiger partial charge in [0.25, 0.3) is 15.9 Å². The molecule has 1 aromatic carbocycles. The Bertz CT molecular complexity index is 742. The van der Waals surface area contributed by atoms with Crippen LogP contribution in [-0.2, 0) is 14.8 Å². The molecule has 5 nitrogen and oxygen atoms in total. The van der Waals surface area contributed by atoms with Crippen LogP contribution in [0.5, 0.6) is 0 Å². The minimum absolute atomic E-state index is 0.0673. The molecule has 0 bridgehead atoms. The van der Waals surface area contributed by atoms with Crippen LogP contribution in [-0.4, -0.2) is 24.5 Å². The molecule has 0 saturated heterocycles. The van der Waals surface area contributed by atoms with E-state index in [9.17, 15) is 18.0 Å². The van der Waals surface area contributed by atoms with Crippen molar-refractivity contribution < 1.29 is 18.0 Å². The summed E-state index contributed by atoms with van der Waals surface area (Å²) in [5, 5.41) is 0. The number of fused-ring (bicyclic) bond motifs is 1. The minimum Gasteiger partial charge on any atom is -0.273 e. The highest BCUT2D eigenvalue weighted by Gasteiger charge is 2.44. The molecule has 0 unspecified atom stereocenters. The smallest absolute Gasteiger partial charge is 0.273 e. The zero-order chi connectivity index (χ0) is 19.7. The molecule has 1 aliphatic heterocycles. The molecular formula is C21H31NO4S. The predicted molar refractivity (Wildman–Crippen MR) is 106 cm³/mol. The van der Waals surface area contributed by atoms with Crippen molar-refractivity contribution in [3.63, 3.8) is 0 Å². The van der Waals surface area contributed by atoms with Crippen LogP contribution in [0, 0.1) is 0 Å². The molecule has 6 heteroatoms. The molecule has 1 aliphatic rings. The largest absolute Gasteiger partial charge is 0.276 e. The fourth-order valence-electron chi connectivity index (χ4n) is 3.47. The van der Waals surface area contributed by atoms with E-state index >= 15 is 0 Å². The van der Waals surface area contributed by atoms with Gasteiger partial charge < -0.3 is 0 Å². The third-order valence-electron chi connectivity index (χ3n) is 5.04. The van der Waals surface area contributed by atoms with Crippen LogP contribution < -0.4 is 0 Å². The lowest BCUT2D eigenvalue weighted by Gasteiger charge is -2.12. The van der Waals surface area contributed by atoms with Gasteiger partial charge in [0, 0.05) is 6.42 Å². The molecule has 150 valence electrons. The summed E-state index contributed by atoms with van der Waals surface area (Å²) < 4.78 is 25.3. The summed E-state index contributed by atoms with van der Waals surface area (Å²) in [6.07, 6.45) is 12.8. The van der Waals surface area contributed by atoms with Crippen LogP contribution in [0.3, 0.4) is 0 Å². The van der Waals surface area contributed by atoms with E-state index in [1.54, 1.807) is 12.1 Å². The SMILES string of the molecule is CCCCCCCCCCCCCC(=O)N1C(=O)c2ccccc2S1(=O)=O. The fraction of sp³-hybridized carbons (Fsp3) is 0.619. The third-order valence-corrected chi connectivity index (χ3v) is 6.80. The fourth-order valence-corrected chi connectivity index (χ4v) is 5.03. The number of rotatable bonds is 12. The Morgan fingerprint density at radius 1 is 0.852 bits per heavy atom. The molecule has 2 amide bonds. The summed E-state index contributed by atoms with van der Waals surface area (Å²) in [5.41, 5.74) is 0.0878. The van der Waals surface area contributed by atoms with Gasteiger partial charge in [-0.05, 0) is 18.6 Å². The molecule has 0 atom stereocenters. The number of amides is 2. The molecule has 0 radical (unpaired) electrons. The van der Waals surface area contributed by atoms with Crippen LogP contribution >= 0.6 is 0 Å². The molecule has 1 aromatic rings. The van der Waals surface area contributed by atoms with Crippen molar-refractivity contribution in [3.05, 3.63) is 29.8 Å². The maximum Gasteiger partial charge on any atom is 0.276 e. The Hall–Kier alpha value is -1.69.